The molecule has 0 saturated heterocycles. The van der Waals surface area contributed by atoms with Gasteiger partial charge in [0.2, 0.25) is 21.8 Å². The molecule has 0 heterocycles. The Bertz CT molecular complexity index is 1140. The maximum atomic E-state index is 13.7. The normalized spacial score (nSPS) is 11.8. The van der Waals surface area contributed by atoms with Gasteiger partial charge in [-0.05, 0) is 43.2 Å². The predicted octanol–water partition coefficient (Wildman–Crippen LogP) is 2.42. The van der Waals surface area contributed by atoms with Gasteiger partial charge in [-0.1, -0.05) is 19.1 Å². The van der Waals surface area contributed by atoms with Gasteiger partial charge in [0.25, 0.3) is 0 Å². The first-order valence-electron chi connectivity index (χ1n) is 11.5. The van der Waals surface area contributed by atoms with Crippen LogP contribution in [0.15, 0.2) is 42.5 Å². The minimum Gasteiger partial charge on any atom is -0.497 e. The average molecular weight is 522 g/mol. The van der Waals surface area contributed by atoms with Gasteiger partial charge in [0.05, 0.1) is 33.3 Å². The number of anilines is 1. The van der Waals surface area contributed by atoms with Crippen LogP contribution in [0.4, 0.5) is 5.69 Å². The second-order valence-corrected chi connectivity index (χ2v) is 9.90. The molecule has 0 aliphatic heterocycles. The number of hydrogen-bond acceptors (Lipinski definition) is 7. The van der Waals surface area contributed by atoms with Crippen molar-refractivity contribution < 1.29 is 32.2 Å². The fourth-order valence-electron chi connectivity index (χ4n) is 3.73. The van der Waals surface area contributed by atoms with Crippen molar-refractivity contribution in [3.8, 4) is 17.2 Å². The summed E-state index contributed by atoms with van der Waals surface area (Å²) in [6, 6.07) is 11.0. The highest BCUT2D eigenvalue weighted by Crippen LogP contribution is 2.34. The van der Waals surface area contributed by atoms with E-state index in [0.717, 1.165) is 16.1 Å². The van der Waals surface area contributed by atoms with Crippen molar-refractivity contribution in [3.05, 3.63) is 48.0 Å². The van der Waals surface area contributed by atoms with Gasteiger partial charge in [-0.2, -0.15) is 0 Å². The van der Waals surface area contributed by atoms with Crippen molar-refractivity contribution in [2.24, 2.45) is 0 Å². The number of carbonyl (C=O) groups is 2. The summed E-state index contributed by atoms with van der Waals surface area (Å²) in [5.74, 6) is 0.453. The number of carbonyl (C=O) groups excluding carboxylic acids is 2. The molecule has 0 spiro atoms. The summed E-state index contributed by atoms with van der Waals surface area (Å²) < 4.78 is 42.4. The first-order chi connectivity index (χ1) is 17.1. The molecule has 2 rings (SSSR count). The van der Waals surface area contributed by atoms with Crippen molar-refractivity contribution in [2.75, 3.05) is 45.0 Å². The van der Waals surface area contributed by atoms with Crippen LogP contribution >= 0.6 is 0 Å². The minimum absolute atomic E-state index is 0.102. The van der Waals surface area contributed by atoms with E-state index in [9.17, 15) is 18.0 Å². The maximum absolute atomic E-state index is 13.7. The summed E-state index contributed by atoms with van der Waals surface area (Å²) in [5, 5.41) is 2.76. The number of amides is 2. The molecule has 1 unspecified atom stereocenters. The third-order valence-corrected chi connectivity index (χ3v) is 6.71. The average Bonchev–Trinajstić information content (AvgIpc) is 2.86. The van der Waals surface area contributed by atoms with Crippen molar-refractivity contribution in [1.29, 1.82) is 0 Å². The fraction of sp³-hybridized carbons (Fsp3) is 0.440. The molecule has 1 N–H and O–H groups in total. The molecule has 0 saturated carbocycles. The Hall–Kier alpha value is -3.47. The first kappa shape index (κ1) is 28.8. The van der Waals surface area contributed by atoms with E-state index in [1.54, 1.807) is 57.4 Å². The second kappa shape index (κ2) is 13.0. The molecular weight excluding hydrogens is 486 g/mol. The number of nitrogens with one attached hydrogen (secondary N) is 1. The molecule has 2 aromatic rings. The van der Waals surface area contributed by atoms with Crippen LogP contribution in [-0.2, 0) is 26.2 Å². The van der Waals surface area contributed by atoms with E-state index in [1.165, 1.54) is 25.2 Å². The number of ether oxygens (including phenoxy) is 3. The Morgan fingerprint density at radius 3 is 2.06 bits per heavy atom. The summed E-state index contributed by atoms with van der Waals surface area (Å²) in [5.41, 5.74) is 0.917. The number of methoxy groups -OCH3 is 3. The van der Waals surface area contributed by atoms with Gasteiger partial charge in [0.1, 0.15) is 29.8 Å². The SMILES string of the molecule is CCNC(=O)C(CC)N(Cc1ccc(OC)cc1)C(=O)CN(c1cc(OC)ccc1OC)S(C)(=O)=O. The van der Waals surface area contributed by atoms with Crippen molar-refractivity contribution in [1.82, 2.24) is 10.2 Å². The van der Waals surface area contributed by atoms with E-state index in [0.29, 0.717) is 24.5 Å². The maximum Gasteiger partial charge on any atom is 0.244 e. The van der Waals surface area contributed by atoms with Gasteiger partial charge in [-0.3, -0.25) is 13.9 Å². The van der Waals surface area contributed by atoms with E-state index in [1.807, 2.05) is 0 Å². The van der Waals surface area contributed by atoms with Crippen LogP contribution in [0.2, 0.25) is 0 Å². The van der Waals surface area contributed by atoms with Gasteiger partial charge >= 0.3 is 0 Å². The lowest BCUT2D eigenvalue weighted by Crippen LogP contribution is -2.52. The van der Waals surface area contributed by atoms with Crippen molar-refractivity contribution >= 4 is 27.5 Å². The number of likely N-dealkylation sites (N-methyl/N-ethyl adjacent to an activating group) is 1. The van der Waals surface area contributed by atoms with Gasteiger partial charge in [0, 0.05) is 19.2 Å². The summed E-state index contributed by atoms with van der Waals surface area (Å²) in [6.45, 7) is 3.56. The first-order valence-corrected chi connectivity index (χ1v) is 13.3. The van der Waals surface area contributed by atoms with Crippen LogP contribution in [0.25, 0.3) is 0 Å². The summed E-state index contributed by atoms with van der Waals surface area (Å²) >= 11 is 0. The monoisotopic (exact) mass is 521 g/mol. The lowest BCUT2D eigenvalue weighted by Gasteiger charge is -2.33. The number of hydrogen-bond donors (Lipinski definition) is 1. The molecule has 11 heteroatoms. The molecule has 198 valence electrons. The molecular formula is C25H35N3O7S. The minimum atomic E-state index is -3.92. The van der Waals surface area contributed by atoms with Crippen LogP contribution in [0, 0.1) is 0 Å². The highest BCUT2D eigenvalue weighted by Gasteiger charge is 2.32. The van der Waals surface area contributed by atoms with E-state index >= 15 is 0 Å². The zero-order chi connectivity index (χ0) is 26.9. The van der Waals surface area contributed by atoms with E-state index in [-0.39, 0.29) is 23.9 Å². The van der Waals surface area contributed by atoms with Gasteiger partial charge in [-0.15, -0.1) is 0 Å². The van der Waals surface area contributed by atoms with Crippen LogP contribution in [-0.4, -0.2) is 71.8 Å². The van der Waals surface area contributed by atoms with E-state index in [4.69, 9.17) is 14.2 Å². The third kappa shape index (κ3) is 7.27. The van der Waals surface area contributed by atoms with Crippen LogP contribution in [0.1, 0.15) is 25.8 Å². The zero-order valence-electron chi connectivity index (χ0n) is 21.6. The predicted molar refractivity (Wildman–Crippen MR) is 138 cm³/mol. The molecule has 10 nitrogen and oxygen atoms in total. The molecule has 0 aliphatic carbocycles. The topological polar surface area (TPSA) is 114 Å². The Balaban J connectivity index is 2.51. The standard InChI is InChI=1S/C25H35N3O7S/c1-7-21(25(30)26-8-2)27(16-18-9-11-19(33-3)12-10-18)24(29)17-28(36(6,31)32)22-15-20(34-4)13-14-23(22)35-5/h9-15,21H,7-8,16-17H2,1-6H3,(H,26,30). The highest BCUT2D eigenvalue weighted by atomic mass is 32.2. The Kier molecular flexibility index (Phi) is 10.4. The van der Waals surface area contributed by atoms with Crippen LogP contribution < -0.4 is 23.8 Å². The molecule has 0 fully saturated rings. The Morgan fingerprint density at radius 1 is 0.944 bits per heavy atom. The second-order valence-electron chi connectivity index (χ2n) is 8.00. The van der Waals surface area contributed by atoms with Crippen molar-refractivity contribution in [2.45, 2.75) is 32.9 Å². The fourth-order valence-corrected chi connectivity index (χ4v) is 4.57. The number of nitrogens with zero attached hydrogens (tertiary/aromatic N) is 2. The summed E-state index contributed by atoms with van der Waals surface area (Å²) in [4.78, 5) is 28.0. The van der Waals surface area contributed by atoms with Crippen LogP contribution in [0.5, 0.6) is 17.2 Å². The van der Waals surface area contributed by atoms with E-state index < -0.39 is 28.5 Å². The number of benzene rings is 2. The molecule has 2 aromatic carbocycles. The Morgan fingerprint density at radius 2 is 1.56 bits per heavy atom. The highest BCUT2D eigenvalue weighted by molar-refractivity contribution is 7.92. The number of sulfonamides is 1. The van der Waals surface area contributed by atoms with Gasteiger partial charge < -0.3 is 24.4 Å². The van der Waals surface area contributed by atoms with Gasteiger partial charge in [-0.25, -0.2) is 8.42 Å². The largest absolute Gasteiger partial charge is 0.497 e. The molecule has 0 bridgehead atoms. The smallest absolute Gasteiger partial charge is 0.244 e. The molecule has 2 amide bonds. The number of rotatable bonds is 13. The van der Waals surface area contributed by atoms with E-state index in [2.05, 4.69) is 5.32 Å². The molecule has 0 aromatic heterocycles. The zero-order valence-corrected chi connectivity index (χ0v) is 22.4. The summed E-state index contributed by atoms with van der Waals surface area (Å²) in [7, 11) is 0.503. The van der Waals surface area contributed by atoms with Crippen LogP contribution in [0.3, 0.4) is 0 Å². The molecule has 0 aliphatic rings. The molecule has 36 heavy (non-hydrogen) atoms. The third-order valence-electron chi connectivity index (χ3n) is 5.58. The Labute approximate surface area is 213 Å². The van der Waals surface area contributed by atoms with Crippen molar-refractivity contribution in [3.63, 3.8) is 0 Å². The quantitative estimate of drug-likeness (QED) is 0.431. The summed E-state index contributed by atoms with van der Waals surface area (Å²) in [6.07, 6.45) is 1.35. The lowest BCUT2D eigenvalue weighted by atomic mass is 10.1. The lowest BCUT2D eigenvalue weighted by molar-refractivity contribution is -0.140. The molecule has 0 radical (unpaired) electrons. The van der Waals surface area contributed by atoms with Gasteiger partial charge in [0.15, 0.2) is 0 Å². The molecule has 1 atom stereocenters.